The first-order chi connectivity index (χ1) is 5.78. The molecule has 0 unspecified atom stereocenters. The fourth-order valence-corrected chi connectivity index (χ4v) is 0.714. The molecule has 0 fully saturated rings. The SMILES string of the molecule is O=C(O)CC(O)(CC(=O)O)C(=O)O.[K+].[K+].[K+].[K+].[K+].[K+].[K+].[K+].[K+].[K+].[K+].[K+].[K+].[K+].[K+].[K+].[K+].[K+].[K+].[K+].[K+].[K+].[K+].[K+].[K+].[K+].[K+].[K+].[K+].[K+].[K+].[K+]. The monoisotopic (exact) mass is 1440 g/mol. The molecule has 0 bridgehead atoms. The van der Waals surface area contributed by atoms with Gasteiger partial charge in [0.25, 0.3) is 0 Å². The molecule has 0 aliphatic heterocycles. The predicted molar refractivity (Wildman–Crippen MR) is 37.1 cm³/mol. The molecule has 7 nitrogen and oxygen atoms in total. The zero-order chi connectivity index (χ0) is 10.6. The maximum atomic E-state index is 10.3. The number of hydrogen-bond donors (Lipinski definition) is 4. The molecule has 4 N–H and O–H groups in total. The Bertz CT molecular complexity index is 266. The smallest absolute Gasteiger partial charge is 0.481 e. The van der Waals surface area contributed by atoms with Crippen molar-refractivity contribution in [3.63, 3.8) is 0 Å². The average Bonchev–Trinajstić information content (AvgIpc) is 1.82. The van der Waals surface area contributed by atoms with Crippen molar-refractivity contribution in [1.29, 1.82) is 0 Å². The van der Waals surface area contributed by atoms with Crippen molar-refractivity contribution in [3.05, 3.63) is 0 Å². The van der Waals surface area contributed by atoms with Gasteiger partial charge in [0.1, 0.15) is 0 Å². The second-order valence-corrected chi connectivity index (χ2v) is 2.48. The molecule has 39 heteroatoms. The Morgan fingerprint density at radius 2 is 0.378 bits per heavy atom. The summed E-state index contributed by atoms with van der Waals surface area (Å²) >= 11 is 0. The average molecular weight is 1440 g/mol. The van der Waals surface area contributed by atoms with Crippen LogP contribution in [0.4, 0.5) is 0 Å². The standard InChI is InChI=1S/C6H8O7.32K/c7-3(8)1-6(13,5(11)12)2-4(9)10;;;;;;;;;;;;;;;;;;;;;;;;;;;;;;;;/h13H,1-2H2,(H,7,8)(H,9,10)(H,11,12);;;;;;;;;;;;;;;;;;;;;;;;;;;;;;;;/q;32*+1. The van der Waals surface area contributed by atoms with E-state index in [1.165, 1.54) is 0 Å². The van der Waals surface area contributed by atoms with Crippen LogP contribution in [0.1, 0.15) is 12.8 Å². The maximum Gasteiger partial charge on any atom is 1.00 e. The summed E-state index contributed by atoms with van der Waals surface area (Å²) in [5.41, 5.74) is -2.74. The molecule has 0 aromatic rings. The third-order valence-electron chi connectivity index (χ3n) is 1.29. The summed E-state index contributed by atoms with van der Waals surface area (Å²) in [6.07, 6.45) is -2.29. The van der Waals surface area contributed by atoms with Gasteiger partial charge in [-0.3, -0.25) is 9.59 Å². The fourth-order valence-electron chi connectivity index (χ4n) is 0.714. The minimum absolute atomic E-state index is 0. The van der Waals surface area contributed by atoms with Crippen LogP contribution in [0, 0.1) is 0 Å². The van der Waals surface area contributed by atoms with Gasteiger partial charge in [0.2, 0.25) is 0 Å². The zero-order valence-electron chi connectivity index (χ0n) is 38.4. The molecule has 0 aromatic heterocycles. The van der Waals surface area contributed by atoms with Crippen LogP contribution in [-0.4, -0.2) is 43.9 Å². The van der Waals surface area contributed by atoms with E-state index in [9.17, 15) is 14.4 Å². The van der Waals surface area contributed by atoms with Crippen molar-refractivity contribution in [2.75, 3.05) is 0 Å². The molecule has 0 radical (unpaired) electrons. The van der Waals surface area contributed by atoms with Gasteiger partial charge in [0.05, 0.1) is 12.8 Å². The minimum Gasteiger partial charge on any atom is -0.481 e. The van der Waals surface area contributed by atoms with Crippen LogP contribution in [-0.2, 0) is 14.4 Å². The van der Waals surface area contributed by atoms with E-state index in [0.29, 0.717) is 0 Å². The van der Waals surface area contributed by atoms with Crippen molar-refractivity contribution in [3.8, 4) is 0 Å². The van der Waals surface area contributed by atoms with Crippen LogP contribution >= 0.6 is 0 Å². The van der Waals surface area contributed by atoms with Crippen LogP contribution in [0.2, 0.25) is 0 Å². The van der Waals surface area contributed by atoms with E-state index in [2.05, 4.69) is 0 Å². The molecule has 0 atom stereocenters. The topological polar surface area (TPSA) is 132 Å². The van der Waals surface area contributed by atoms with Crippen LogP contribution < -0.4 is 1640 Å². The number of rotatable bonds is 5. The number of carbonyl (C=O) groups is 3. The van der Waals surface area contributed by atoms with Crippen molar-refractivity contribution in [2.45, 2.75) is 18.4 Å². The predicted octanol–water partition coefficient (Wildman–Crippen LogP) is -97.1. The molecule has 0 aromatic carbocycles. The fraction of sp³-hybridized carbons (Fsp3) is 0.500. The molecule has 0 amide bonds. The quantitative estimate of drug-likeness (QED) is 0.202. The molecular formula is C6H8K32O7+32. The number of carboxylic acid groups (broad SMARTS) is 3. The van der Waals surface area contributed by atoms with Gasteiger partial charge in [-0.1, -0.05) is 0 Å². The summed E-state index contributed by atoms with van der Waals surface area (Å²) in [7, 11) is 0. The Labute approximate surface area is 1640 Å². The Hall–Kier alpha value is 50.7. The summed E-state index contributed by atoms with van der Waals surface area (Å²) in [6.45, 7) is 0. The number of carboxylic acids is 3. The Balaban J connectivity index is -0.00000000145. The maximum absolute atomic E-state index is 10.3. The summed E-state index contributed by atoms with van der Waals surface area (Å²) < 4.78 is 0. The summed E-state index contributed by atoms with van der Waals surface area (Å²) in [4.78, 5) is 30.5. The molecule has 74 valence electrons. The van der Waals surface area contributed by atoms with E-state index in [0.717, 1.165) is 0 Å². The molecule has 0 saturated carbocycles. The molecule has 0 spiro atoms. The van der Waals surface area contributed by atoms with Crippen LogP contribution in [0.5, 0.6) is 0 Å². The Morgan fingerprint density at radius 1 is 0.289 bits per heavy atom. The number of aliphatic hydroxyl groups is 1. The van der Waals surface area contributed by atoms with Gasteiger partial charge in [-0.25, -0.2) is 4.79 Å². The van der Waals surface area contributed by atoms with E-state index < -0.39 is 36.4 Å². The first-order valence-corrected chi connectivity index (χ1v) is 3.17. The van der Waals surface area contributed by atoms with Gasteiger partial charge in [0.15, 0.2) is 5.60 Å². The van der Waals surface area contributed by atoms with Gasteiger partial charge in [-0.15, -0.1) is 0 Å². The third kappa shape index (κ3) is 183. The first-order valence-electron chi connectivity index (χ1n) is 3.17. The number of aliphatic carboxylic acids is 3. The van der Waals surface area contributed by atoms with E-state index >= 15 is 0 Å². The van der Waals surface area contributed by atoms with E-state index in [1.54, 1.807) is 0 Å². The third-order valence-corrected chi connectivity index (χ3v) is 1.29. The Kier molecular flexibility index (Phi) is 880. The summed E-state index contributed by atoms with van der Waals surface area (Å²) in [5, 5.41) is 33.8. The van der Waals surface area contributed by atoms with Crippen molar-refractivity contribution in [2.24, 2.45) is 0 Å². The first kappa shape index (κ1) is 218. The molecule has 0 aliphatic rings. The van der Waals surface area contributed by atoms with E-state index in [1.807, 2.05) is 0 Å². The second kappa shape index (κ2) is 181. The van der Waals surface area contributed by atoms with Crippen LogP contribution in [0.3, 0.4) is 0 Å². The van der Waals surface area contributed by atoms with E-state index in [4.69, 9.17) is 20.4 Å². The minimum atomic E-state index is -2.74. The molecule has 45 heavy (non-hydrogen) atoms. The molecular weight excluding hydrogens is 1440 g/mol. The van der Waals surface area contributed by atoms with E-state index in [-0.39, 0.29) is 1640 Å². The van der Waals surface area contributed by atoms with Crippen molar-refractivity contribution < 1.29 is 1680 Å². The number of hydrogen-bond acceptors (Lipinski definition) is 4. The zero-order valence-corrected chi connectivity index (χ0v) is 138. The van der Waals surface area contributed by atoms with Gasteiger partial charge in [-0.2, -0.15) is 0 Å². The second-order valence-electron chi connectivity index (χ2n) is 2.48. The Morgan fingerprint density at radius 3 is 0.422 bits per heavy atom. The van der Waals surface area contributed by atoms with Gasteiger partial charge >= 0.3 is 1660 Å². The molecule has 0 rings (SSSR count). The molecule has 0 heterocycles. The van der Waals surface area contributed by atoms with Gasteiger partial charge in [0, 0.05) is 0 Å². The molecule has 0 aliphatic carbocycles. The van der Waals surface area contributed by atoms with Gasteiger partial charge in [-0.05, 0) is 0 Å². The van der Waals surface area contributed by atoms with Crippen LogP contribution in [0.15, 0.2) is 0 Å². The molecule has 0 saturated heterocycles. The summed E-state index contributed by atoms with van der Waals surface area (Å²) in [6, 6.07) is 0. The van der Waals surface area contributed by atoms with Gasteiger partial charge < -0.3 is 20.4 Å². The van der Waals surface area contributed by atoms with Crippen molar-refractivity contribution in [1.82, 2.24) is 0 Å². The normalized spacial score (nSPS) is 3.13. The van der Waals surface area contributed by atoms with Crippen LogP contribution in [0.25, 0.3) is 0 Å². The van der Waals surface area contributed by atoms with Crippen molar-refractivity contribution >= 4 is 17.9 Å². The summed E-state index contributed by atoms with van der Waals surface area (Å²) in [5.74, 6) is -5.02. The largest absolute Gasteiger partial charge is 1.00 e.